The summed E-state index contributed by atoms with van der Waals surface area (Å²) in [5.41, 5.74) is 3.67. The van der Waals surface area contributed by atoms with E-state index >= 15 is 0 Å². The maximum atomic E-state index is 13.6. The summed E-state index contributed by atoms with van der Waals surface area (Å²) < 4.78 is 0. The number of hydrogen-bond acceptors (Lipinski definition) is 3. The first-order valence-corrected chi connectivity index (χ1v) is 11.8. The Morgan fingerprint density at radius 1 is 1.10 bits per heavy atom. The van der Waals surface area contributed by atoms with Crippen LogP contribution in [0.2, 0.25) is 0 Å². The van der Waals surface area contributed by atoms with Crippen LogP contribution in [0.4, 0.5) is 0 Å². The maximum Gasteiger partial charge on any atom is 0.254 e. The lowest BCUT2D eigenvalue weighted by atomic mass is 9.78. The zero-order chi connectivity index (χ0) is 21.4. The molecule has 3 aromatic rings. The number of nitrogens with zero attached hydrogens (tertiary/aromatic N) is 1. The van der Waals surface area contributed by atoms with Crippen molar-refractivity contribution in [3.05, 3.63) is 93.2 Å². The third-order valence-electron chi connectivity index (χ3n) is 6.23. The zero-order valence-corrected chi connectivity index (χ0v) is 18.4. The molecule has 2 unspecified atom stereocenters. The van der Waals surface area contributed by atoms with Gasteiger partial charge in [-0.15, -0.1) is 11.3 Å². The normalized spacial score (nSPS) is 20.4. The summed E-state index contributed by atoms with van der Waals surface area (Å²) in [6, 6.07) is 19.9. The van der Waals surface area contributed by atoms with E-state index in [0.717, 1.165) is 36.0 Å². The molecule has 2 aromatic carbocycles. The second kappa shape index (κ2) is 8.31. The number of fused-ring (bicyclic) bond motifs is 1. The molecule has 4 nitrogen and oxygen atoms in total. The van der Waals surface area contributed by atoms with E-state index in [0.29, 0.717) is 12.1 Å². The number of thiophene rings is 1. The summed E-state index contributed by atoms with van der Waals surface area (Å²) >= 11 is 1.71. The number of benzene rings is 2. The van der Waals surface area contributed by atoms with Crippen LogP contribution in [-0.4, -0.2) is 29.3 Å². The number of carbonyl (C=O) groups excluding carboxylic acids is 2. The van der Waals surface area contributed by atoms with Crippen molar-refractivity contribution in [3.8, 4) is 0 Å². The Bertz CT molecular complexity index is 1100. The van der Waals surface area contributed by atoms with Crippen molar-refractivity contribution in [2.45, 2.75) is 44.2 Å². The highest BCUT2D eigenvalue weighted by atomic mass is 32.1. The highest BCUT2D eigenvalue weighted by molar-refractivity contribution is 7.09. The van der Waals surface area contributed by atoms with Crippen LogP contribution < -0.4 is 5.32 Å². The fourth-order valence-corrected chi connectivity index (χ4v) is 5.38. The van der Waals surface area contributed by atoms with E-state index in [4.69, 9.17) is 0 Å². The highest BCUT2D eigenvalue weighted by Gasteiger charge is 2.48. The van der Waals surface area contributed by atoms with Crippen LogP contribution in [0.3, 0.4) is 0 Å². The van der Waals surface area contributed by atoms with Gasteiger partial charge < -0.3 is 10.2 Å². The summed E-state index contributed by atoms with van der Waals surface area (Å²) in [7, 11) is 0. The summed E-state index contributed by atoms with van der Waals surface area (Å²) in [5.74, 6) is -0.375. The molecule has 0 bridgehead atoms. The molecule has 158 valence electrons. The average Bonchev–Trinajstić information content (AvgIpc) is 3.48. The summed E-state index contributed by atoms with van der Waals surface area (Å²) in [5, 5.41) is 5.23. The smallest absolute Gasteiger partial charge is 0.254 e. The van der Waals surface area contributed by atoms with Gasteiger partial charge in [0.15, 0.2) is 0 Å². The van der Waals surface area contributed by atoms with Gasteiger partial charge in [0.2, 0.25) is 5.91 Å². The quantitative estimate of drug-likeness (QED) is 0.607. The van der Waals surface area contributed by atoms with Gasteiger partial charge in [0.1, 0.15) is 0 Å². The lowest BCUT2D eigenvalue weighted by Crippen LogP contribution is -2.48. The standard InChI is InChI=1S/C26H26N2O2S/c1-17-6-4-7-18(16-17)24-23(25(29)27-14-13-20-8-5-15-31-20)21-9-2-3-10-22(21)26(30)28(24)19-11-12-19/h2-10,15-16,19,23-24H,11-14H2,1H3,(H,27,29). The van der Waals surface area contributed by atoms with Crippen molar-refractivity contribution in [1.82, 2.24) is 10.2 Å². The molecular weight excluding hydrogens is 404 g/mol. The molecule has 0 radical (unpaired) electrons. The maximum absolute atomic E-state index is 13.6. The lowest BCUT2D eigenvalue weighted by molar-refractivity contribution is -0.124. The van der Waals surface area contributed by atoms with E-state index in [1.807, 2.05) is 41.3 Å². The van der Waals surface area contributed by atoms with Gasteiger partial charge in [-0.05, 0) is 54.8 Å². The Morgan fingerprint density at radius 3 is 2.68 bits per heavy atom. The van der Waals surface area contributed by atoms with Crippen molar-refractivity contribution in [2.24, 2.45) is 0 Å². The van der Waals surface area contributed by atoms with E-state index in [1.54, 1.807) is 11.3 Å². The molecule has 5 heteroatoms. The molecule has 1 N–H and O–H groups in total. The molecular formula is C26H26N2O2S. The number of aryl methyl sites for hydroxylation is 1. The molecule has 0 saturated heterocycles. The molecule has 1 aliphatic carbocycles. The molecule has 2 amide bonds. The molecule has 31 heavy (non-hydrogen) atoms. The topological polar surface area (TPSA) is 49.4 Å². The van der Waals surface area contributed by atoms with Crippen LogP contribution in [0.25, 0.3) is 0 Å². The first kappa shape index (κ1) is 20.0. The van der Waals surface area contributed by atoms with E-state index in [1.165, 1.54) is 4.88 Å². The molecule has 0 spiro atoms. The zero-order valence-electron chi connectivity index (χ0n) is 17.6. The van der Waals surface area contributed by atoms with Crippen LogP contribution in [0.5, 0.6) is 0 Å². The Balaban J connectivity index is 1.53. The second-order valence-electron chi connectivity index (χ2n) is 8.49. The minimum absolute atomic E-state index is 0.00587. The van der Waals surface area contributed by atoms with Gasteiger partial charge in [0.25, 0.3) is 5.91 Å². The fourth-order valence-electron chi connectivity index (χ4n) is 4.67. The van der Waals surface area contributed by atoms with Crippen molar-refractivity contribution >= 4 is 23.2 Å². The largest absolute Gasteiger partial charge is 0.355 e. The van der Waals surface area contributed by atoms with Crippen LogP contribution >= 0.6 is 11.3 Å². The Labute approximate surface area is 186 Å². The van der Waals surface area contributed by atoms with Gasteiger partial charge in [-0.25, -0.2) is 0 Å². The van der Waals surface area contributed by atoms with Crippen molar-refractivity contribution in [2.75, 3.05) is 6.54 Å². The predicted molar refractivity (Wildman–Crippen MR) is 123 cm³/mol. The average molecular weight is 431 g/mol. The van der Waals surface area contributed by atoms with Gasteiger partial charge in [-0.3, -0.25) is 9.59 Å². The highest BCUT2D eigenvalue weighted by Crippen LogP contribution is 2.47. The fraction of sp³-hybridized carbons (Fsp3) is 0.308. The molecule has 5 rings (SSSR count). The monoisotopic (exact) mass is 430 g/mol. The Morgan fingerprint density at radius 2 is 1.94 bits per heavy atom. The summed E-state index contributed by atoms with van der Waals surface area (Å²) in [6.45, 7) is 2.65. The van der Waals surface area contributed by atoms with E-state index < -0.39 is 5.92 Å². The van der Waals surface area contributed by atoms with E-state index in [-0.39, 0.29) is 23.9 Å². The van der Waals surface area contributed by atoms with Gasteiger partial charge in [0, 0.05) is 23.0 Å². The number of carbonyl (C=O) groups is 2. The summed E-state index contributed by atoms with van der Waals surface area (Å²) in [4.78, 5) is 30.4. The first-order chi connectivity index (χ1) is 15.1. The van der Waals surface area contributed by atoms with Crippen LogP contribution in [0.1, 0.15) is 56.7 Å². The van der Waals surface area contributed by atoms with Crippen LogP contribution in [0, 0.1) is 6.92 Å². The Hall–Kier alpha value is -2.92. The van der Waals surface area contributed by atoms with Crippen LogP contribution in [0.15, 0.2) is 66.0 Å². The van der Waals surface area contributed by atoms with E-state index in [2.05, 4.69) is 41.9 Å². The van der Waals surface area contributed by atoms with Gasteiger partial charge in [0.05, 0.1) is 12.0 Å². The predicted octanol–water partition coefficient (Wildman–Crippen LogP) is 4.86. The van der Waals surface area contributed by atoms with Crippen molar-refractivity contribution in [1.29, 1.82) is 0 Å². The minimum Gasteiger partial charge on any atom is -0.355 e. The van der Waals surface area contributed by atoms with Crippen LogP contribution in [-0.2, 0) is 11.2 Å². The molecule has 1 saturated carbocycles. The molecule has 2 heterocycles. The second-order valence-corrected chi connectivity index (χ2v) is 9.52. The minimum atomic E-state index is -0.417. The third kappa shape index (κ3) is 3.90. The SMILES string of the molecule is Cc1cccc(C2C(C(=O)NCCc3cccs3)c3ccccc3C(=O)N2C2CC2)c1. The molecule has 1 fully saturated rings. The van der Waals surface area contributed by atoms with Crippen molar-refractivity contribution in [3.63, 3.8) is 0 Å². The number of rotatable bonds is 6. The Kier molecular flexibility index (Phi) is 5.36. The summed E-state index contributed by atoms with van der Waals surface area (Å²) in [6.07, 6.45) is 2.82. The first-order valence-electron chi connectivity index (χ1n) is 10.9. The number of amides is 2. The lowest BCUT2D eigenvalue weighted by Gasteiger charge is -2.42. The molecule has 1 aliphatic heterocycles. The molecule has 2 atom stereocenters. The third-order valence-corrected chi connectivity index (χ3v) is 7.17. The van der Waals surface area contributed by atoms with Crippen molar-refractivity contribution < 1.29 is 9.59 Å². The molecule has 1 aromatic heterocycles. The molecule has 2 aliphatic rings. The number of nitrogens with one attached hydrogen (secondary N) is 1. The van der Waals surface area contributed by atoms with Gasteiger partial charge in [-0.2, -0.15) is 0 Å². The van der Waals surface area contributed by atoms with E-state index in [9.17, 15) is 9.59 Å². The van der Waals surface area contributed by atoms with Gasteiger partial charge >= 0.3 is 0 Å². The number of hydrogen-bond donors (Lipinski definition) is 1. The van der Waals surface area contributed by atoms with Gasteiger partial charge in [-0.1, -0.05) is 54.1 Å².